The fraction of sp³-hybridized carbons (Fsp3) is 0. The maximum Gasteiger partial charge on any atom is 0.264 e. The van der Waals surface area contributed by atoms with Gasteiger partial charge in [0.15, 0.2) is 0 Å². The zero-order chi connectivity index (χ0) is 24.3. The van der Waals surface area contributed by atoms with E-state index in [0.717, 1.165) is 17.7 Å². The maximum atomic E-state index is 14.0. The first kappa shape index (κ1) is 23.2. The van der Waals surface area contributed by atoms with Crippen LogP contribution in [0.3, 0.4) is 0 Å². The Labute approximate surface area is 199 Å². The topological polar surface area (TPSA) is 108 Å². The summed E-state index contributed by atoms with van der Waals surface area (Å²) in [5, 5.41) is 2.70. The molecular formula is C24H17ClFN3O4S. The minimum absolute atomic E-state index is 0.0102. The van der Waals surface area contributed by atoms with Gasteiger partial charge in [0.05, 0.1) is 11.4 Å². The Bertz CT molecular complexity index is 1540. The highest BCUT2D eigenvalue weighted by Gasteiger charge is 2.21. The molecule has 7 nitrogen and oxygen atoms in total. The molecule has 0 saturated heterocycles. The number of hydrogen-bond acceptors (Lipinski definition) is 4. The Morgan fingerprint density at radius 2 is 1.59 bits per heavy atom. The molecule has 0 spiro atoms. The molecule has 1 heterocycles. The number of pyridine rings is 1. The van der Waals surface area contributed by atoms with E-state index in [1.54, 1.807) is 6.07 Å². The molecule has 1 aromatic heterocycles. The van der Waals surface area contributed by atoms with Crippen LogP contribution in [0.15, 0.2) is 94.6 Å². The van der Waals surface area contributed by atoms with Crippen molar-refractivity contribution >= 4 is 38.9 Å². The lowest BCUT2D eigenvalue weighted by molar-refractivity contribution is 0.102. The number of aromatic amines is 1. The zero-order valence-corrected chi connectivity index (χ0v) is 19.0. The van der Waals surface area contributed by atoms with Gasteiger partial charge in [0.1, 0.15) is 16.3 Å². The Kier molecular flexibility index (Phi) is 6.49. The highest BCUT2D eigenvalue weighted by atomic mass is 35.5. The summed E-state index contributed by atoms with van der Waals surface area (Å²) in [6, 6.07) is 21.0. The van der Waals surface area contributed by atoms with Crippen molar-refractivity contribution < 1.29 is 17.6 Å². The predicted octanol–water partition coefficient (Wildman–Crippen LogP) is 4.89. The monoisotopic (exact) mass is 497 g/mol. The van der Waals surface area contributed by atoms with Gasteiger partial charge in [-0.25, -0.2) is 12.8 Å². The first-order valence-electron chi connectivity index (χ1n) is 9.91. The molecule has 0 atom stereocenters. The molecule has 172 valence electrons. The molecule has 3 aromatic carbocycles. The molecule has 0 aliphatic heterocycles. The third-order valence-electron chi connectivity index (χ3n) is 4.84. The molecule has 0 aliphatic rings. The van der Waals surface area contributed by atoms with Crippen molar-refractivity contribution in [1.29, 1.82) is 0 Å². The molecular weight excluding hydrogens is 481 g/mol. The number of carbonyl (C=O) groups excluding carboxylic acids is 1. The van der Waals surface area contributed by atoms with Gasteiger partial charge < -0.3 is 10.3 Å². The highest BCUT2D eigenvalue weighted by Crippen LogP contribution is 2.29. The third-order valence-corrected chi connectivity index (χ3v) is 6.47. The Hall–Kier alpha value is -3.95. The van der Waals surface area contributed by atoms with Gasteiger partial charge in [0.2, 0.25) is 0 Å². The maximum absolute atomic E-state index is 14.0. The third kappa shape index (κ3) is 5.00. The van der Waals surface area contributed by atoms with Gasteiger partial charge in [-0.05, 0) is 48.0 Å². The van der Waals surface area contributed by atoms with Crippen LogP contribution >= 0.6 is 11.6 Å². The summed E-state index contributed by atoms with van der Waals surface area (Å²) < 4.78 is 41.7. The van der Waals surface area contributed by atoms with Crippen LogP contribution in [-0.4, -0.2) is 19.3 Å². The van der Waals surface area contributed by atoms with Crippen LogP contribution < -0.4 is 15.6 Å². The zero-order valence-electron chi connectivity index (χ0n) is 17.4. The van der Waals surface area contributed by atoms with Gasteiger partial charge in [0, 0.05) is 10.7 Å². The van der Waals surface area contributed by atoms with Gasteiger partial charge in [-0.2, -0.15) is 0 Å². The summed E-state index contributed by atoms with van der Waals surface area (Å²) in [7, 11) is -4.31. The molecule has 10 heteroatoms. The molecule has 0 aliphatic carbocycles. The molecule has 0 fully saturated rings. The van der Waals surface area contributed by atoms with Gasteiger partial charge in [0.25, 0.3) is 21.5 Å². The quantitative estimate of drug-likeness (QED) is 0.352. The molecule has 3 N–H and O–H groups in total. The van der Waals surface area contributed by atoms with Gasteiger partial charge in [-0.3, -0.25) is 14.3 Å². The van der Waals surface area contributed by atoms with E-state index >= 15 is 0 Å². The summed E-state index contributed by atoms with van der Waals surface area (Å²) in [5.41, 5.74) is 0.411. The Morgan fingerprint density at radius 1 is 0.882 bits per heavy atom. The van der Waals surface area contributed by atoms with E-state index < -0.39 is 32.2 Å². The first-order chi connectivity index (χ1) is 16.2. The number of anilines is 2. The summed E-state index contributed by atoms with van der Waals surface area (Å²) in [5.74, 6) is -1.71. The van der Waals surface area contributed by atoms with Gasteiger partial charge in [-0.15, -0.1) is 0 Å². The average molecular weight is 498 g/mol. The largest absolute Gasteiger partial charge is 0.321 e. The number of amides is 1. The van der Waals surface area contributed by atoms with Crippen molar-refractivity contribution in [3.63, 3.8) is 0 Å². The highest BCUT2D eigenvalue weighted by molar-refractivity contribution is 7.92. The van der Waals surface area contributed by atoms with Crippen molar-refractivity contribution in [2.75, 3.05) is 10.0 Å². The summed E-state index contributed by atoms with van der Waals surface area (Å²) in [6.07, 6.45) is 0. The lowest BCUT2D eigenvalue weighted by Gasteiger charge is -2.14. The Morgan fingerprint density at radius 3 is 2.29 bits per heavy atom. The first-order valence-corrected chi connectivity index (χ1v) is 11.8. The normalized spacial score (nSPS) is 11.1. The molecule has 34 heavy (non-hydrogen) atoms. The van der Waals surface area contributed by atoms with E-state index in [1.165, 1.54) is 36.4 Å². The number of rotatable bonds is 6. The predicted molar refractivity (Wildman–Crippen MR) is 129 cm³/mol. The number of halogens is 2. The van der Waals surface area contributed by atoms with Crippen LogP contribution in [0.25, 0.3) is 11.3 Å². The molecule has 0 saturated carbocycles. The number of benzene rings is 3. The number of carbonyl (C=O) groups is 1. The van der Waals surface area contributed by atoms with Crippen LogP contribution in [0.4, 0.5) is 15.8 Å². The number of aromatic nitrogens is 1. The Balaban J connectivity index is 1.62. The van der Waals surface area contributed by atoms with E-state index in [-0.39, 0.29) is 22.0 Å². The second-order valence-corrected chi connectivity index (χ2v) is 9.25. The van der Waals surface area contributed by atoms with Crippen LogP contribution in [0.5, 0.6) is 0 Å². The number of hydrogen-bond donors (Lipinski definition) is 3. The van der Waals surface area contributed by atoms with Crippen molar-refractivity contribution in [3.05, 3.63) is 112 Å². The van der Waals surface area contributed by atoms with Crippen molar-refractivity contribution in [2.45, 2.75) is 4.90 Å². The molecule has 0 unspecified atom stereocenters. The minimum Gasteiger partial charge on any atom is -0.321 e. The molecule has 0 radical (unpaired) electrons. The summed E-state index contributed by atoms with van der Waals surface area (Å²) in [4.78, 5) is 27.5. The van der Waals surface area contributed by atoms with E-state index in [0.29, 0.717) is 5.69 Å². The van der Waals surface area contributed by atoms with E-state index in [9.17, 15) is 22.4 Å². The smallest absolute Gasteiger partial charge is 0.264 e. The summed E-state index contributed by atoms with van der Waals surface area (Å²) in [6.45, 7) is 0. The van der Waals surface area contributed by atoms with Crippen molar-refractivity contribution in [3.8, 4) is 11.3 Å². The van der Waals surface area contributed by atoms with Gasteiger partial charge in [-0.1, -0.05) is 54.1 Å². The molecule has 4 aromatic rings. The van der Waals surface area contributed by atoms with E-state index in [2.05, 4.69) is 15.0 Å². The summed E-state index contributed by atoms with van der Waals surface area (Å²) >= 11 is 6.02. The van der Waals surface area contributed by atoms with Crippen molar-refractivity contribution in [1.82, 2.24) is 4.98 Å². The van der Waals surface area contributed by atoms with Crippen LogP contribution in [-0.2, 0) is 10.0 Å². The molecule has 0 bridgehead atoms. The standard InChI is InChI=1S/C24H17ClFN3O4S/c25-16-10-12-20(29-34(32,33)22-9-5-4-8-18(22)26)21(14-16)28-24(31)17-11-13-19(27-23(17)30)15-6-2-1-3-7-15/h1-14,29H,(H,27,30)(H,28,31). The molecule has 1 amide bonds. The lowest BCUT2D eigenvalue weighted by atomic mass is 10.1. The van der Waals surface area contributed by atoms with Crippen LogP contribution in [0.2, 0.25) is 5.02 Å². The second kappa shape index (κ2) is 9.50. The lowest BCUT2D eigenvalue weighted by Crippen LogP contribution is -2.24. The van der Waals surface area contributed by atoms with Crippen molar-refractivity contribution in [2.24, 2.45) is 0 Å². The SMILES string of the molecule is O=C(Nc1cc(Cl)ccc1NS(=O)(=O)c1ccccc1F)c1ccc(-c2ccccc2)[nH]c1=O. The van der Waals surface area contributed by atoms with E-state index in [1.807, 2.05) is 30.3 Å². The number of H-pyrrole nitrogens is 1. The van der Waals surface area contributed by atoms with Crippen LogP contribution in [0.1, 0.15) is 10.4 Å². The number of nitrogens with one attached hydrogen (secondary N) is 3. The average Bonchev–Trinajstić information content (AvgIpc) is 2.81. The van der Waals surface area contributed by atoms with Gasteiger partial charge >= 0.3 is 0 Å². The fourth-order valence-corrected chi connectivity index (χ4v) is 4.53. The number of sulfonamides is 1. The fourth-order valence-electron chi connectivity index (χ4n) is 3.20. The second-order valence-electron chi connectivity index (χ2n) is 7.16. The minimum atomic E-state index is -4.31. The molecule has 4 rings (SSSR count). The van der Waals surface area contributed by atoms with Crippen LogP contribution in [0, 0.1) is 5.82 Å². The van der Waals surface area contributed by atoms with E-state index in [4.69, 9.17) is 11.6 Å².